The molecule has 1 atom stereocenters. The van der Waals surface area contributed by atoms with Crippen LogP contribution in [-0.4, -0.2) is 19.1 Å². The summed E-state index contributed by atoms with van der Waals surface area (Å²) in [6.07, 6.45) is 3.53. The van der Waals surface area contributed by atoms with E-state index in [9.17, 15) is 0 Å². The molecule has 2 rings (SSSR count). The summed E-state index contributed by atoms with van der Waals surface area (Å²) in [5.74, 6) is 0. The Labute approximate surface area is 111 Å². The van der Waals surface area contributed by atoms with Gasteiger partial charge in [0.05, 0.1) is 0 Å². The average molecular weight is 246 g/mol. The van der Waals surface area contributed by atoms with Gasteiger partial charge in [-0.25, -0.2) is 0 Å². The van der Waals surface area contributed by atoms with Crippen molar-refractivity contribution in [3.05, 3.63) is 29.8 Å². The first-order valence-electron chi connectivity index (χ1n) is 7.04. The third-order valence-electron chi connectivity index (χ3n) is 3.62. The van der Waals surface area contributed by atoms with Crippen LogP contribution in [0.5, 0.6) is 0 Å². The monoisotopic (exact) mass is 246 g/mol. The highest BCUT2D eigenvalue weighted by atomic mass is 15.1. The summed E-state index contributed by atoms with van der Waals surface area (Å²) in [6.45, 7) is 9.05. The van der Waals surface area contributed by atoms with Gasteiger partial charge in [0, 0.05) is 24.8 Å². The largest absolute Gasteiger partial charge is 0.370 e. The predicted octanol–water partition coefficient (Wildman–Crippen LogP) is 3.20. The minimum atomic E-state index is 0.287. The molecule has 0 aromatic heterocycles. The lowest BCUT2D eigenvalue weighted by atomic mass is 9.90. The van der Waals surface area contributed by atoms with Gasteiger partial charge in [0.2, 0.25) is 0 Å². The maximum Gasteiger partial charge on any atom is 0.0399 e. The van der Waals surface area contributed by atoms with Crippen LogP contribution in [0.25, 0.3) is 0 Å². The summed E-state index contributed by atoms with van der Waals surface area (Å²) in [5.41, 5.74) is 9.39. The lowest BCUT2D eigenvalue weighted by Gasteiger charge is -2.35. The number of anilines is 1. The Balaban J connectivity index is 2.01. The first kappa shape index (κ1) is 13.4. The van der Waals surface area contributed by atoms with Crippen molar-refractivity contribution in [1.29, 1.82) is 0 Å². The zero-order valence-corrected chi connectivity index (χ0v) is 11.9. The fraction of sp³-hybridized carbons (Fsp3) is 0.625. The number of rotatable bonds is 3. The molecule has 1 aliphatic heterocycles. The molecule has 1 heterocycles. The number of hydrogen-bond acceptors (Lipinski definition) is 2. The van der Waals surface area contributed by atoms with E-state index in [1.54, 1.807) is 0 Å². The van der Waals surface area contributed by atoms with E-state index in [1.807, 2.05) is 0 Å². The first-order chi connectivity index (χ1) is 8.46. The Morgan fingerprint density at radius 3 is 2.72 bits per heavy atom. The van der Waals surface area contributed by atoms with Gasteiger partial charge in [-0.15, -0.1) is 0 Å². The van der Waals surface area contributed by atoms with Crippen LogP contribution in [0.2, 0.25) is 0 Å². The van der Waals surface area contributed by atoms with Crippen LogP contribution >= 0.6 is 0 Å². The summed E-state index contributed by atoms with van der Waals surface area (Å²) in [4.78, 5) is 2.47. The molecule has 0 fully saturated rings. The average Bonchev–Trinajstić information content (AvgIpc) is 2.27. The number of benzene rings is 1. The Bertz CT molecular complexity index is 392. The summed E-state index contributed by atoms with van der Waals surface area (Å²) in [5, 5.41) is 0. The highest BCUT2D eigenvalue weighted by molar-refractivity contribution is 5.56. The van der Waals surface area contributed by atoms with Gasteiger partial charge in [-0.2, -0.15) is 0 Å². The van der Waals surface area contributed by atoms with Gasteiger partial charge in [0.25, 0.3) is 0 Å². The molecule has 100 valence electrons. The molecule has 0 saturated carbocycles. The van der Waals surface area contributed by atoms with Crippen LogP contribution in [0, 0.1) is 5.41 Å². The SMILES string of the molecule is CC(C)(C)CCCN1CC(N)Cc2ccccc21. The van der Waals surface area contributed by atoms with E-state index in [0.717, 1.165) is 19.5 Å². The molecule has 18 heavy (non-hydrogen) atoms. The molecular formula is C16H26N2. The van der Waals surface area contributed by atoms with Crippen LogP contribution in [0.3, 0.4) is 0 Å². The molecule has 0 amide bonds. The Hall–Kier alpha value is -1.02. The van der Waals surface area contributed by atoms with E-state index >= 15 is 0 Å². The normalized spacial score (nSPS) is 19.8. The molecule has 1 unspecified atom stereocenters. The number of nitrogens with two attached hydrogens (primary N) is 1. The fourth-order valence-corrected chi connectivity index (χ4v) is 2.73. The van der Waals surface area contributed by atoms with E-state index in [-0.39, 0.29) is 6.04 Å². The van der Waals surface area contributed by atoms with E-state index in [0.29, 0.717) is 5.41 Å². The smallest absolute Gasteiger partial charge is 0.0399 e. The van der Waals surface area contributed by atoms with Crippen LogP contribution in [-0.2, 0) is 6.42 Å². The maximum absolute atomic E-state index is 6.16. The second-order valence-corrected chi connectivity index (χ2v) is 6.70. The van der Waals surface area contributed by atoms with E-state index < -0.39 is 0 Å². The molecule has 0 aliphatic carbocycles. The van der Waals surface area contributed by atoms with Gasteiger partial charge in [0.1, 0.15) is 0 Å². The molecule has 0 radical (unpaired) electrons. The number of fused-ring (bicyclic) bond motifs is 1. The summed E-state index contributed by atoms with van der Waals surface area (Å²) in [7, 11) is 0. The van der Waals surface area contributed by atoms with Gasteiger partial charge in [-0.05, 0) is 36.3 Å². The Morgan fingerprint density at radius 2 is 2.00 bits per heavy atom. The molecule has 2 heteroatoms. The van der Waals surface area contributed by atoms with Gasteiger partial charge in [0.15, 0.2) is 0 Å². The Kier molecular flexibility index (Phi) is 3.96. The second kappa shape index (κ2) is 5.31. The maximum atomic E-state index is 6.16. The fourth-order valence-electron chi connectivity index (χ4n) is 2.73. The minimum absolute atomic E-state index is 0.287. The van der Waals surface area contributed by atoms with Crippen molar-refractivity contribution in [2.24, 2.45) is 11.1 Å². The van der Waals surface area contributed by atoms with Crippen LogP contribution in [0.1, 0.15) is 39.2 Å². The molecule has 1 aromatic rings. The van der Waals surface area contributed by atoms with Crippen molar-refractivity contribution in [2.45, 2.75) is 46.1 Å². The number of hydrogen-bond donors (Lipinski definition) is 1. The summed E-state index contributed by atoms with van der Waals surface area (Å²) < 4.78 is 0. The highest BCUT2D eigenvalue weighted by Gasteiger charge is 2.21. The third-order valence-corrected chi connectivity index (χ3v) is 3.62. The predicted molar refractivity (Wildman–Crippen MR) is 79.0 cm³/mol. The van der Waals surface area contributed by atoms with Crippen molar-refractivity contribution in [1.82, 2.24) is 0 Å². The lowest BCUT2D eigenvalue weighted by molar-refractivity contribution is 0.364. The van der Waals surface area contributed by atoms with Gasteiger partial charge < -0.3 is 10.6 Å². The van der Waals surface area contributed by atoms with E-state index in [4.69, 9.17) is 5.73 Å². The summed E-state index contributed by atoms with van der Waals surface area (Å²) in [6, 6.07) is 8.98. The molecule has 2 N–H and O–H groups in total. The number of nitrogens with zero attached hydrogens (tertiary/aromatic N) is 1. The Morgan fingerprint density at radius 1 is 1.28 bits per heavy atom. The molecular weight excluding hydrogens is 220 g/mol. The lowest BCUT2D eigenvalue weighted by Crippen LogP contribution is -2.43. The van der Waals surface area contributed by atoms with Crippen molar-refractivity contribution < 1.29 is 0 Å². The quantitative estimate of drug-likeness (QED) is 0.887. The van der Waals surface area contributed by atoms with Gasteiger partial charge in [-0.1, -0.05) is 39.0 Å². The molecule has 0 spiro atoms. The van der Waals surface area contributed by atoms with Crippen LogP contribution < -0.4 is 10.6 Å². The topological polar surface area (TPSA) is 29.3 Å². The molecule has 1 aromatic carbocycles. The second-order valence-electron chi connectivity index (χ2n) is 6.70. The zero-order valence-electron chi connectivity index (χ0n) is 11.9. The molecule has 0 bridgehead atoms. The molecule has 0 saturated heterocycles. The molecule has 2 nitrogen and oxygen atoms in total. The summed E-state index contributed by atoms with van der Waals surface area (Å²) >= 11 is 0. The van der Waals surface area contributed by atoms with Crippen molar-refractivity contribution >= 4 is 5.69 Å². The minimum Gasteiger partial charge on any atom is -0.370 e. The van der Waals surface area contributed by atoms with Crippen molar-refractivity contribution in [3.63, 3.8) is 0 Å². The molecule has 1 aliphatic rings. The first-order valence-corrected chi connectivity index (χ1v) is 7.04. The number of para-hydroxylation sites is 1. The standard InChI is InChI=1S/C16H26N2/c1-16(2,3)9-6-10-18-12-14(17)11-13-7-4-5-8-15(13)18/h4-5,7-8,14H,6,9-12,17H2,1-3H3. The van der Waals surface area contributed by atoms with E-state index in [2.05, 4.69) is 49.9 Å². The van der Waals surface area contributed by atoms with Crippen LogP contribution in [0.4, 0.5) is 5.69 Å². The highest BCUT2D eigenvalue weighted by Crippen LogP contribution is 2.28. The van der Waals surface area contributed by atoms with E-state index in [1.165, 1.54) is 24.1 Å². The van der Waals surface area contributed by atoms with Crippen molar-refractivity contribution in [2.75, 3.05) is 18.0 Å². The zero-order chi connectivity index (χ0) is 13.2. The van der Waals surface area contributed by atoms with Crippen molar-refractivity contribution in [3.8, 4) is 0 Å². The van der Waals surface area contributed by atoms with Crippen LogP contribution in [0.15, 0.2) is 24.3 Å². The van der Waals surface area contributed by atoms with Gasteiger partial charge >= 0.3 is 0 Å². The van der Waals surface area contributed by atoms with Gasteiger partial charge in [-0.3, -0.25) is 0 Å². The third kappa shape index (κ3) is 3.49.